The van der Waals surface area contributed by atoms with Gasteiger partial charge < -0.3 is 15.0 Å². The molecule has 0 aliphatic carbocycles. The van der Waals surface area contributed by atoms with Gasteiger partial charge in [-0.05, 0) is 51.4 Å². The number of likely N-dealkylation sites (tertiary alicyclic amines) is 1. The van der Waals surface area contributed by atoms with Crippen LogP contribution >= 0.6 is 0 Å². The number of hydrogen-bond donors (Lipinski definition) is 1. The van der Waals surface area contributed by atoms with Gasteiger partial charge in [0.05, 0.1) is 5.69 Å². The largest absolute Gasteiger partial charge is 0.487 e. The van der Waals surface area contributed by atoms with Crippen LogP contribution in [0.4, 0.5) is 5.82 Å². The molecular weight excluding hydrogens is 312 g/mol. The molecule has 25 heavy (non-hydrogen) atoms. The normalized spacial score (nSPS) is 19.7. The third-order valence-electron chi connectivity index (χ3n) is 5.35. The number of aromatic nitrogens is 2. The molecule has 0 bridgehead atoms. The molecular formula is C20H26N4O. The lowest BCUT2D eigenvalue weighted by molar-refractivity contribution is 0.300. The lowest BCUT2D eigenvalue weighted by Crippen LogP contribution is -2.27. The first-order valence-electron chi connectivity index (χ1n) is 9.22. The molecule has 2 aliphatic heterocycles. The number of hydrogen-bond acceptors (Lipinski definition) is 5. The van der Waals surface area contributed by atoms with Crippen LogP contribution in [-0.4, -0.2) is 41.0 Å². The fourth-order valence-corrected chi connectivity index (χ4v) is 3.93. The van der Waals surface area contributed by atoms with E-state index in [2.05, 4.69) is 34.4 Å². The van der Waals surface area contributed by atoms with Crippen molar-refractivity contribution in [3.8, 4) is 5.75 Å². The summed E-state index contributed by atoms with van der Waals surface area (Å²) < 4.78 is 5.96. The van der Waals surface area contributed by atoms with Crippen molar-refractivity contribution in [1.29, 1.82) is 0 Å². The Morgan fingerprint density at radius 1 is 1.28 bits per heavy atom. The SMILES string of the molecule is Cc1nc2c(c(NCC[C@H]3CCCN3C)n1)Cc1ccccc1OC2. The average molecular weight is 338 g/mol. The second kappa shape index (κ2) is 7.00. The molecule has 5 heteroatoms. The zero-order valence-corrected chi connectivity index (χ0v) is 15.1. The summed E-state index contributed by atoms with van der Waals surface area (Å²) >= 11 is 0. The number of nitrogens with one attached hydrogen (secondary N) is 1. The minimum absolute atomic E-state index is 0.510. The summed E-state index contributed by atoms with van der Waals surface area (Å²) in [5, 5.41) is 3.59. The Balaban J connectivity index is 1.54. The molecule has 132 valence electrons. The lowest BCUT2D eigenvalue weighted by atomic mass is 10.0. The van der Waals surface area contributed by atoms with Crippen LogP contribution in [0.15, 0.2) is 24.3 Å². The topological polar surface area (TPSA) is 50.3 Å². The molecule has 1 aromatic carbocycles. The lowest BCUT2D eigenvalue weighted by Gasteiger charge is -2.20. The number of anilines is 1. The zero-order chi connectivity index (χ0) is 17.2. The van der Waals surface area contributed by atoms with E-state index in [0.29, 0.717) is 12.6 Å². The van der Waals surface area contributed by atoms with E-state index in [1.807, 2.05) is 19.1 Å². The van der Waals surface area contributed by atoms with E-state index in [9.17, 15) is 0 Å². The molecule has 0 amide bonds. The van der Waals surface area contributed by atoms with Gasteiger partial charge >= 0.3 is 0 Å². The Morgan fingerprint density at radius 2 is 2.16 bits per heavy atom. The molecule has 0 radical (unpaired) electrons. The molecule has 2 aromatic rings. The van der Waals surface area contributed by atoms with Gasteiger partial charge in [0.1, 0.15) is 24.0 Å². The van der Waals surface area contributed by atoms with E-state index < -0.39 is 0 Å². The maximum Gasteiger partial charge on any atom is 0.133 e. The van der Waals surface area contributed by atoms with E-state index in [-0.39, 0.29) is 0 Å². The summed E-state index contributed by atoms with van der Waals surface area (Å²) in [5.41, 5.74) is 3.38. The van der Waals surface area contributed by atoms with E-state index in [4.69, 9.17) is 9.72 Å². The van der Waals surface area contributed by atoms with Crippen LogP contribution in [0, 0.1) is 6.92 Å². The molecule has 0 saturated carbocycles. The first kappa shape index (κ1) is 16.3. The van der Waals surface area contributed by atoms with Crippen molar-refractivity contribution in [2.75, 3.05) is 25.5 Å². The van der Waals surface area contributed by atoms with Gasteiger partial charge in [-0.1, -0.05) is 18.2 Å². The molecule has 2 aliphatic rings. The molecule has 1 saturated heterocycles. The highest BCUT2D eigenvalue weighted by Gasteiger charge is 2.22. The average Bonchev–Trinajstić information content (AvgIpc) is 2.91. The highest BCUT2D eigenvalue weighted by atomic mass is 16.5. The van der Waals surface area contributed by atoms with Gasteiger partial charge in [-0.25, -0.2) is 9.97 Å². The third kappa shape index (κ3) is 3.47. The Bertz CT molecular complexity index is 761. The van der Waals surface area contributed by atoms with Gasteiger partial charge in [0, 0.05) is 24.6 Å². The molecule has 0 spiro atoms. The zero-order valence-electron chi connectivity index (χ0n) is 15.1. The Morgan fingerprint density at radius 3 is 3.00 bits per heavy atom. The van der Waals surface area contributed by atoms with Crippen LogP contribution in [0.2, 0.25) is 0 Å². The Kier molecular flexibility index (Phi) is 4.57. The fraction of sp³-hybridized carbons (Fsp3) is 0.500. The number of aryl methyl sites for hydroxylation is 1. The highest BCUT2D eigenvalue weighted by molar-refractivity contribution is 5.52. The quantitative estimate of drug-likeness (QED) is 0.928. The first-order chi connectivity index (χ1) is 12.2. The van der Waals surface area contributed by atoms with Gasteiger partial charge in [-0.15, -0.1) is 0 Å². The second-order valence-corrected chi connectivity index (χ2v) is 7.11. The number of benzene rings is 1. The smallest absolute Gasteiger partial charge is 0.133 e. The van der Waals surface area contributed by atoms with Gasteiger partial charge in [0.15, 0.2) is 0 Å². The molecule has 1 atom stereocenters. The van der Waals surface area contributed by atoms with Crippen LogP contribution in [0.1, 0.15) is 41.9 Å². The van der Waals surface area contributed by atoms with Gasteiger partial charge in [-0.3, -0.25) is 0 Å². The standard InChI is InChI=1S/C20H26N4O/c1-14-22-18-13-25-19-8-4-3-6-15(19)12-17(18)20(23-14)21-10-9-16-7-5-11-24(16)2/h3-4,6,8,16H,5,7,9-13H2,1-2H3,(H,21,22,23)/t16-/m1/s1. The van der Waals surface area contributed by atoms with Crippen LogP contribution < -0.4 is 10.1 Å². The summed E-state index contributed by atoms with van der Waals surface area (Å²) in [6, 6.07) is 8.93. The molecule has 3 heterocycles. The predicted molar refractivity (Wildman–Crippen MR) is 99.1 cm³/mol. The molecule has 4 rings (SSSR count). The summed E-state index contributed by atoms with van der Waals surface area (Å²) in [6.07, 6.45) is 4.59. The molecule has 5 nitrogen and oxygen atoms in total. The molecule has 0 unspecified atom stereocenters. The van der Waals surface area contributed by atoms with Gasteiger partial charge in [0.2, 0.25) is 0 Å². The van der Waals surface area contributed by atoms with Crippen molar-refractivity contribution < 1.29 is 4.74 Å². The third-order valence-corrected chi connectivity index (χ3v) is 5.35. The summed E-state index contributed by atoms with van der Waals surface area (Å²) in [5.74, 6) is 2.73. The summed E-state index contributed by atoms with van der Waals surface area (Å²) in [4.78, 5) is 11.8. The molecule has 1 fully saturated rings. The minimum Gasteiger partial charge on any atom is -0.487 e. The number of fused-ring (bicyclic) bond motifs is 2. The summed E-state index contributed by atoms with van der Waals surface area (Å²) in [7, 11) is 2.23. The summed E-state index contributed by atoms with van der Waals surface area (Å²) in [6.45, 7) is 4.63. The van der Waals surface area contributed by atoms with Gasteiger partial charge in [-0.2, -0.15) is 0 Å². The Hall–Kier alpha value is -2.14. The first-order valence-corrected chi connectivity index (χ1v) is 9.22. The van der Waals surface area contributed by atoms with Crippen molar-refractivity contribution in [1.82, 2.24) is 14.9 Å². The Labute approximate surface area is 149 Å². The van der Waals surface area contributed by atoms with Gasteiger partial charge in [0.25, 0.3) is 0 Å². The molecule has 1 N–H and O–H groups in total. The van der Waals surface area contributed by atoms with E-state index in [0.717, 1.165) is 42.5 Å². The second-order valence-electron chi connectivity index (χ2n) is 7.11. The van der Waals surface area contributed by atoms with Crippen molar-refractivity contribution in [2.45, 2.75) is 45.3 Å². The fourth-order valence-electron chi connectivity index (χ4n) is 3.93. The van der Waals surface area contributed by atoms with E-state index >= 15 is 0 Å². The van der Waals surface area contributed by atoms with Crippen LogP contribution in [0.3, 0.4) is 0 Å². The number of para-hydroxylation sites is 1. The van der Waals surface area contributed by atoms with Crippen molar-refractivity contribution in [3.63, 3.8) is 0 Å². The van der Waals surface area contributed by atoms with Crippen LogP contribution in [0.25, 0.3) is 0 Å². The van der Waals surface area contributed by atoms with E-state index in [1.54, 1.807) is 0 Å². The van der Waals surface area contributed by atoms with Crippen molar-refractivity contribution >= 4 is 5.82 Å². The van der Waals surface area contributed by atoms with E-state index in [1.165, 1.54) is 30.5 Å². The van der Waals surface area contributed by atoms with Crippen LogP contribution in [0.5, 0.6) is 5.75 Å². The number of ether oxygens (including phenoxy) is 1. The monoisotopic (exact) mass is 338 g/mol. The van der Waals surface area contributed by atoms with Crippen LogP contribution in [-0.2, 0) is 13.0 Å². The number of nitrogens with zero attached hydrogens (tertiary/aromatic N) is 3. The minimum atomic E-state index is 0.510. The highest BCUT2D eigenvalue weighted by Crippen LogP contribution is 2.30. The van der Waals surface area contributed by atoms with Crippen molar-refractivity contribution in [2.24, 2.45) is 0 Å². The molecule has 1 aromatic heterocycles. The predicted octanol–water partition coefficient (Wildman–Crippen LogP) is 3.16. The van der Waals surface area contributed by atoms with Crippen molar-refractivity contribution in [3.05, 3.63) is 46.9 Å². The maximum atomic E-state index is 5.96. The maximum absolute atomic E-state index is 5.96. The number of rotatable bonds is 4.